The summed E-state index contributed by atoms with van der Waals surface area (Å²) < 4.78 is 3.00. The maximum Gasteiger partial charge on any atom is 0.270 e. The zero-order chi connectivity index (χ0) is 45.6. The Morgan fingerprint density at radius 2 is 1.38 bits per heavy atom. The number of aromatic nitrogens is 3. The number of non-ortho nitro benzene ring substituents is 1. The number of amides is 1. The number of rotatable bonds is 4. The van der Waals surface area contributed by atoms with E-state index in [-0.39, 0.29) is 24.7 Å². The van der Waals surface area contributed by atoms with Gasteiger partial charge in [0.25, 0.3) is 5.69 Å². The van der Waals surface area contributed by atoms with Gasteiger partial charge in [-0.25, -0.2) is 4.99 Å². The molecule has 0 fully saturated rings. The molecule has 3 aliphatic rings. The number of likely N-dealkylation sites (N-methyl/N-ethyl adjacent to an activating group) is 1. The molecule has 324 valence electrons. The van der Waals surface area contributed by atoms with E-state index in [1.54, 1.807) is 43.4 Å². The van der Waals surface area contributed by atoms with Crippen molar-refractivity contribution in [3.8, 4) is 5.69 Å². The number of hydrogen-bond donors (Lipinski definition) is 2. The number of nitrogens with one attached hydrogen (secondary N) is 2. The SMILES string of the molecule is CNC1=Nc2ccc(Cl)cc2C(c2ccccc2)=[N+]([O-])C1.Cc1nnc2n1-c1ccc(Cl)cc1C(c1ccccc1)=NC2.O=C1CN=C(c2ccccc2Cl)c2cc([N+](=O)[O-])ccc2N1. The Bertz CT molecular complexity index is 3100. The van der Waals surface area contributed by atoms with E-state index in [1.807, 2.05) is 84.3 Å². The number of fused-ring (bicyclic) bond motifs is 5. The second-order valence-electron chi connectivity index (χ2n) is 14.6. The molecule has 0 radical (unpaired) electrons. The summed E-state index contributed by atoms with van der Waals surface area (Å²) in [5, 5.41) is 39.4. The van der Waals surface area contributed by atoms with E-state index in [9.17, 15) is 20.1 Å². The lowest BCUT2D eigenvalue weighted by Gasteiger charge is -2.12. The van der Waals surface area contributed by atoms with E-state index in [1.165, 1.54) is 18.2 Å². The van der Waals surface area contributed by atoms with Gasteiger partial charge < -0.3 is 15.8 Å². The minimum absolute atomic E-state index is 0.0664. The highest BCUT2D eigenvalue weighted by atomic mass is 35.5. The smallest absolute Gasteiger partial charge is 0.270 e. The number of nitro benzene ring substituents is 1. The average Bonchev–Trinajstić information content (AvgIpc) is 3.41. The Balaban J connectivity index is 0.000000133. The first kappa shape index (κ1) is 44.1. The highest BCUT2D eigenvalue weighted by Crippen LogP contribution is 2.31. The van der Waals surface area contributed by atoms with Gasteiger partial charge in [0.15, 0.2) is 11.7 Å². The van der Waals surface area contributed by atoms with Crippen LogP contribution in [0.2, 0.25) is 15.1 Å². The van der Waals surface area contributed by atoms with Crippen molar-refractivity contribution in [2.45, 2.75) is 13.5 Å². The van der Waals surface area contributed by atoms with E-state index >= 15 is 0 Å². The third kappa shape index (κ3) is 9.70. The van der Waals surface area contributed by atoms with Crippen LogP contribution in [0.25, 0.3) is 5.69 Å². The summed E-state index contributed by atoms with van der Waals surface area (Å²) in [6.07, 6.45) is 0. The van der Waals surface area contributed by atoms with Crippen molar-refractivity contribution in [3.63, 3.8) is 0 Å². The lowest BCUT2D eigenvalue weighted by atomic mass is 10.00. The molecule has 6 aromatic carbocycles. The van der Waals surface area contributed by atoms with Gasteiger partial charge in [0.05, 0.1) is 39.0 Å². The number of hydrogen-bond acceptors (Lipinski definition) is 10. The second kappa shape index (κ2) is 19.5. The highest BCUT2D eigenvalue weighted by Gasteiger charge is 2.26. The Kier molecular flexibility index (Phi) is 13.2. The topological polar surface area (TPSA) is 178 Å². The van der Waals surface area contributed by atoms with Crippen molar-refractivity contribution in [2.24, 2.45) is 15.0 Å². The molecular weight excluding hydrogens is 887 g/mol. The van der Waals surface area contributed by atoms with Crippen LogP contribution in [-0.2, 0) is 11.3 Å². The zero-order valence-electron chi connectivity index (χ0n) is 34.7. The van der Waals surface area contributed by atoms with Gasteiger partial charge in [0, 0.05) is 62.1 Å². The van der Waals surface area contributed by atoms with Crippen LogP contribution in [-0.4, -0.2) is 73.4 Å². The molecule has 0 spiro atoms. The standard InChI is InChI=1S/C17H13ClN4.C16H14ClN3O.C15H10ClN3O3/c1-11-20-21-16-10-19-17(12-5-3-2-4-6-12)14-9-13(18)7-8-15(14)22(11)16;1-18-15-10-20(21)16(11-5-3-2-4-6-11)13-9-12(17)7-8-14(13)19-15;16-12-4-2-1-3-10(12)15-11-7-9(19(21)22)5-6-13(11)18-14(20)8-17-15/h2-9H,10H2,1H3;2-9H,10H2,1H3,(H,18,19);1-7H,8H2,(H,18,20). The summed E-state index contributed by atoms with van der Waals surface area (Å²) in [6.45, 7) is 2.55. The van der Waals surface area contributed by atoms with E-state index in [2.05, 4.69) is 42.9 Å². The molecular formula is C48H37Cl3N10O4. The predicted molar refractivity (Wildman–Crippen MR) is 256 cm³/mol. The van der Waals surface area contributed by atoms with Crippen LogP contribution < -0.4 is 10.6 Å². The Labute approximate surface area is 388 Å². The number of carbonyl (C=O) groups excluding carboxylic acids is 1. The Morgan fingerprint density at radius 1 is 0.723 bits per heavy atom. The van der Waals surface area contributed by atoms with Crippen molar-refractivity contribution < 1.29 is 14.5 Å². The van der Waals surface area contributed by atoms with Crippen molar-refractivity contribution in [1.29, 1.82) is 0 Å². The van der Waals surface area contributed by atoms with Crippen LogP contribution in [0.3, 0.4) is 0 Å². The molecule has 2 N–H and O–H groups in total. The number of nitrogens with zero attached hydrogens (tertiary/aromatic N) is 8. The monoisotopic (exact) mass is 922 g/mol. The van der Waals surface area contributed by atoms with E-state index in [4.69, 9.17) is 39.8 Å². The fraction of sp³-hybridized carbons (Fsp3) is 0.104. The largest absolute Gasteiger partial charge is 0.623 e. The molecule has 14 nitrogen and oxygen atoms in total. The third-order valence-corrected chi connectivity index (χ3v) is 11.2. The first-order valence-corrected chi connectivity index (χ1v) is 21.2. The molecule has 3 aliphatic heterocycles. The van der Waals surface area contributed by atoms with E-state index in [0.717, 1.165) is 55.7 Å². The first-order chi connectivity index (χ1) is 31.5. The summed E-state index contributed by atoms with van der Waals surface area (Å²) in [5.74, 6) is 2.03. The fourth-order valence-electron chi connectivity index (χ4n) is 7.41. The van der Waals surface area contributed by atoms with Crippen molar-refractivity contribution >= 4 is 80.7 Å². The summed E-state index contributed by atoms with van der Waals surface area (Å²) in [4.78, 5) is 35.8. The molecule has 1 amide bonds. The summed E-state index contributed by atoms with van der Waals surface area (Å²) in [5.41, 5.74) is 8.91. The fourth-order valence-corrected chi connectivity index (χ4v) is 7.98. The summed E-state index contributed by atoms with van der Waals surface area (Å²) in [6, 6.07) is 42.2. The number of carbonyl (C=O) groups is 1. The number of benzodiazepines with no additional fused rings is 1. The quantitative estimate of drug-likeness (QED) is 0.0764. The van der Waals surface area contributed by atoms with Gasteiger partial charge in [-0.15, -0.1) is 10.2 Å². The number of halogens is 3. The summed E-state index contributed by atoms with van der Waals surface area (Å²) in [7, 11) is 1.76. The number of amidine groups is 1. The highest BCUT2D eigenvalue weighted by molar-refractivity contribution is 6.36. The van der Waals surface area contributed by atoms with Crippen LogP contribution in [0.5, 0.6) is 0 Å². The van der Waals surface area contributed by atoms with Gasteiger partial charge >= 0.3 is 0 Å². The lowest BCUT2D eigenvalue weighted by molar-refractivity contribution is -0.439. The van der Waals surface area contributed by atoms with Gasteiger partial charge in [-0.1, -0.05) is 102 Å². The molecule has 17 heteroatoms. The number of aryl methyl sites for hydroxylation is 1. The molecule has 1 aromatic heterocycles. The molecule has 0 atom stereocenters. The molecule has 0 bridgehead atoms. The number of benzene rings is 6. The predicted octanol–water partition coefficient (Wildman–Crippen LogP) is 9.57. The molecule has 0 unspecified atom stereocenters. The molecule has 0 saturated carbocycles. The maximum atomic E-state index is 12.6. The number of hydroxylamine groups is 1. The van der Waals surface area contributed by atoms with Crippen molar-refractivity contribution in [1.82, 2.24) is 20.1 Å². The van der Waals surface area contributed by atoms with Gasteiger partial charge in [-0.2, -0.15) is 4.74 Å². The maximum absolute atomic E-state index is 12.6. The molecule has 0 saturated heterocycles. The molecule has 4 heterocycles. The molecule has 65 heavy (non-hydrogen) atoms. The van der Waals surface area contributed by atoms with Crippen molar-refractivity contribution in [3.05, 3.63) is 215 Å². The van der Waals surface area contributed by atoms with Gasteiger partial charge in [0.1, 0.15) is 18.9 Å². The minimum Gasteiger partial charge on any atom is -0.623 e. The van der Waals surface area contributed by atoms with Crippen LogP contribution in [0, 0.1) is 22.2 Å². The van der Waals surface area contributed by atoms with E-state index in [0.29, 0.717) is 55.7 Å². The normalized spacial score (nSPS) is 13.7. The Hall–Kier alpha value is -7.52. The number of aliphatic imine (C=N–C) groups is 3. The van der Waals surface area contributed by atoms with Crippen molar-refractivity contribution in [2.75, 3.05) is 25.5 Å². The zero-order valence-corrected chi connectivity index (χ0v) is 37.0. The van der Waals surface area contributed by atoms with Crippen LogP contribution >= 0.6 is 34.8 Å². The minimum atomic E-state index is -0.489. The molecule has 0 aliphatic carbocycles. The number of nitro groups is 1. The van der Waals surface area contributed by atoms with Crippen LogP contribution in [0.15, 0.2) is 155 Å². The van der Waals surface area contributed by atoms with Gasteiger partial charge in [0.2, 0.25) is 18.2 Å². The first-order valence-electron chi connectivity index (χ1n) is 20.1. The summed E-state index contributed by atoms with van der Waals surface area (Å²) >= 11 is 18.5. The van der Waals surface area contributed by atoms with Gasteiger partial charge in [-0.05, 0) is 67.6 Å². The lowest BCUT2D eigenvalue weighted by Crippen LogP contribution is -2.29. The van der Waals surface area contributed by atoms with Gasteiger partial charge in [-0.3, -0.25) is 29.5 Å². The molecule has 10 rings (SSSR count). The van der Waals surface area contributed by atoms with Crippen LogP contribution in [0.1, 0.15) is 45.0 Å². The third-order valence-electron chi connectivity index (χ3n) is 10.4. The van der Waals surface area contributed by atoms with E-state index < -0.39 is 4.92 Å². The second-order valence-corrected chi connectivity index (χ2v) is 15.9. The van der Waals surface area contributed by atoms with Crippen LogP contribution in [0.4, 0.5) is 17.1 Å². The number of anilines is 1. The average molecular weight is 924 g/mol. The Morgan fingerprint density at radius 3 is 2.09 bits per heavy atom. The molecule has 7 aromatic rings.